The molecule has 0 aliphatic heterocycles. The fourth-order valence-corrected chi connectivity index (χ4v) is 2.95. The molecule has 0 aliphatic carbocycles. The molecule has 0 heterocycles. The lowest BCUT2D eigenvalue weighted by Gasteiger charge is -2.12. The molecular weight excluding hydrogens is 408 g/mol. The maximum absolute atomic E-state index is 12.4. The molecule has 7 nitrogen and oxygen atoms in total. The second-order valence-corrected chi connectivity index (χ2v) is 7.04. The van der Waals surface area contributed by atoms with Gasteiger partial charge in [-0.05, 0) is 48.9 Å². The molecule has 3 rings (SSSR count). The number of nitrogens with one attached hydrogen (secondary N) is 2. The van der Waals surface area contributed by atoms with Crippen LogP contribution in [0.2, 0.25) is 0 Å². The van der Waals surface area contributed by atoms with Gasteiger partial charge >= 0.3 is 0 Å². The maximum Gasteiger partial charge on any atom is 0.258 e. The number of aryl methyl sites for hydroxylation is 1. The Balaban J connectivity index is 1.45. The number of benzene rings is 3. The zero-order valence-electron chi connectivity index (χ0n) is 17.9. The van der Waals surface area contributed by atoms with E-state index in [0.29, 0.717) is 28.3 Å². The third-order valence-electron chi connectivity index (χ3n) is 4.60. The lowest BCUT2D eigenvalue weighted by molar-refractivity contribution is -0.125. The molecule has 0 bridgehead atoms. The van der Waals surface area contributed by atoms with E-state index in [1.165, 1.54) is 7.11 Å². The molecule has 3 aromatic rings. The van der Waals surface area contributed by atoms with Crippen LogP contribution in [0, 0.1) is 6.92 Å². The smallest absolute Gasteiger partial charge is 0.258 e. The highest BCUT2D eigenvalue weighted by Gasteiger charge is 2.11. The molecule has 0 atom stereocenters. The number of amides is 2. The minimum absolute atomic E-state index is 0.0915. The highest BCUT2D eigenvalue weighted by atomic mass is 16.5. The van der Waals surface area contributed by atoms with Gasteiger partial charge in [0.15, 0.2) is 12.4 Å². The van der Waals surface area contributed by atoms with Crippen molar-refractivity contribution in [3.8, 4) is 11.5 Å². The molecule has 0 saturated carbocycles. The van der Waals surface area contributed by atoms with Crippen molar-refractivity contribution in [2.75, 3.05) is 25.6 Å². The van der Waals surface area contributed by atoms with Crippen molar-refractivity contribution in [3.63, 3.8) is 0 Å². The van der Waals surface area contributed by atoms with E-state index < -0.39 is 5.91 Å². The molecule has 0 radical (unpaired) electrons. The summed E-state index contributed by atoms with van der Waals surface area (Å²) in [4.78, 5) is 36.6. The molecule has 2 amide bonds. The molecule has 0 fully saturated rings. The van der Waals surface area contributed by atoms with Gasteiger partial charge in [0, 0.05) is 11.1 Å². The van der Waals surface area contributed by atoms with Crippen LogP contribution in [-0.2, 0) is 9.59 Å². The number of ketones is 1. The normalized spacial score (nSPS) is 10.2. The molecule has 0 aliphatic rings. The number of ether oxygens (including phenoxy) is 2. The van der Waals surface area contributed by atoms with E-state index in [-0.39, 0.29) is 24.8 Å². The Kier molecular flexibility index (Phi) is 7.59. The molecule has 0 aromatic heterocycles. The third kappa shape index (κ3) is 6.18. The Morgan fingerprint density at radius 1 is 0.844 bits per heavy atom. The summed E-state index contributed by atoms with van der Waals surface area (Å²) in [6, 6.07) is 20.9. The van der Waals surface area contributed by atoms with Gasteiger partial charge in [-0.25, -0.2) is 0 Å². The highest BCUT2D eigenvalue weighted by Crippen LogP contribution is 2.24. The van der Waals surface area contributed by atoms with Crippen LogP contribution < -0.4 is 20.1 Å². The first-order chi connectivity index (χ1) is 15.5. The van der Waals surface area contributed by atoms with E-state index in [9.17, 15) is 14.4 Å². The molecule has 3 aromatic carbocycles. The lowest BCUT2D eigenvalue weighted by Crippen LogP contribution is -2.35. The van der Waals surface area contributed by atoms with Crippen LogP contribution in [0.25, 0.3) is 0 Å². The number of hydrogen-bond acceptors (Lipinski definition) is 5. The lowest BCUT2D eigenvalue weighted by atomic mass is 10.0. The molecular formula is C25H24N2O5. The predicted octanol–water partition coefficient (Wildman–Crippen LogP) is 3.37. The van der Waals surface area contributed by atoms with Gasteiger partial charge in [0.25, 0.3) is 5.91 Å². The van der Waals surface area contributed by atoms with E-state index in [2.05, 4.69) is 10.6 Å². The molecule has 0 unspecified atom stereocenters. The summed E-state index contributed by atoms with van der Waals surface area (Å²) in [6.45, 7) is 1.44. The van der Waals surface area contributed by atoms with Crippen LogP contribution in [0.3, 0.4) is 0 Å². The first kappa shape index (κ1) is 22.6. The van der Waals surface area contributed by atoms with Crippen molar-refractivity contribution in [2.45, 2.75) is 6.92 Å². The molecule has 32 heavy (non-hydrogen) atoms. The van der Waals surface area contributed by atoms with Crippen LogP contribution in [-0.4, -0.2) is 37.9 Å². The number of carbonyl (C=O) groups is 3. The average molecular weight is 432 g/mol. The second kappa shape index (κ2) is 10.8. The minimum atomic E-state index is -0.444. The zero-order valence-corrected chi connectivity index (χ0v) is 17.9. The van der Waals surface area contributed by atoms with Gasteiger partial charge in [-0.15, -0.1) is 0 Å². The third-order valence-corrected chi connectivity index (χ3v) is 4.60. The quantitative estimate of drug-likeness (QED) is 0.506. The molecule has 0 spiro atoms. The Morgan fingerprint density at radius 2 is 1.53 bits per heavy atom. The van der Waals surface area contributed by atoms with E-state index in [0.717, 1.165) is 5.56 Å². The second-order valence-electron chi connectivity index (χ2n) is 7.04. The van der Waals surface area contributed by atoms with Crippen molar-refractivity contribution in [3.05, 3.63) is 89.5 Å². The van der Waals surface area contributed by atoms with E-state index in [1.54, 1.807) is 60.7 Å². The van der Waals surface area contributed by atoms with Gasteiger partial charge in [0.1, 0.15) is 11.5 Å². The average Bonchev–Trinajstić information content (AvgIpc) is 2.82. The first-order valence-corrected chi connectivity index (χ1v) is 10.00. The summed E-state index contributed by atoms with van der Waals surface area (Å²) in [6.07, 6.45) is 0. The van der Waals surface area contributed by atoms with Crippen molar-refractivity contribution in [2.24, 2.45) is 0 Å². The van der Waals surface area contributed by atoms with Gasteiger partial charge in [0.05, 0.1) is 19.3 Å². The monoisotopic (exact) mass is 432 g/mol. The van der Waals surface area contributed by atoms with Crippen molar-refractivity contribution >= 4 is 23.3 Å². The van der Waals surface area contributed by atoms with Gasteiger partial charge in [-0.2, -0.15) is 0 Å². The van der Waals surface area contributed by atoms with Crippen LogP contribution >= 0.6 is 0 Å². The first-order valence-electron chi connectivity index (χ1n) is 10.00. The van der Waals surface area contributed by atoms with Gasteiger partial charge < -0.3 is 20.1 Å². The number of carbonyl (C=O) groups excluding carboxylic acids is 3. The number of rotatable bonds is 9. The summed E-state index contributed by atoms with van der Waals surface area (Å²) in [5.41, 5.74) is 2.63. The van der Waals surface area contributed by atoms with Crippen molar-refractivity contribution in [1.82, 2.24) is 5.32 Å². The van der Waals surface area contributed by atoms with Crippen LogP contribution in [0.5, 0.6) is 11.5 Å². The van der Waals surface area contributed by atoms with E-state index in [4.69, 9.17) is 9.47 Å². The highest BCUT2D eigenvalue weighted by molar-refractivity contribution is 6.09. The number of anilines is 1. The Hall–Kier alpha value is -4.13. The fourth-order valence-electron chi connectivity index (χ4n) is 2.95. The predicted molar refractivity (Wildman–Crippen MR) is 121 cm³/mol. The number of hydrogen-bond donors (Lipinski definition) is 2. The van der Waals surface area contributed by atoms with E-state index in [1.807, 2.05) is 19.1 Å². The van der Waals surface area contributed by atoms with Crippen LogP contribution in [0.4, 0.5) is 5.69 Å². The van der Waals surface area contributed by atoms with Gasteiger partial charge in [-0.1, -0.05) is 36.4 Å². The molecule has 0 saturated heterocycles. The topological polar surface area (TPSA) is 93.7 Å². The summed E-state index contributed by atoms with van der Waals surface area (Å²) in [5.74, 6) is 0.0597. The summed E-state index contributed by atoms with van der Waals surface area (Å²) in [5, 5.41) is 5.22. The maximum atomic E-state index is 12.4. The Morgan fingerprint density at radius 3 is 2.22 bits per heavy atom. The van der Waals surface area contributed by atoms with Gasteiger partial charge in [0.2, 0.25) is 5.91 Å². The minimum Gasteiger partial charge on any atom is -0.495 e. The number of methoxy groups -OCH3 is 1. The van der Waals surface area contributed by atoms with Gasteiger partial charge in [-0.3, -0.25) is 14.4 Å². The fraction of sp³-hybridized carbons (Fsp3) is 0.160. The molecule has 7 heteroatoms. The zero-order chi connectivity index (χ0) is 22.9. The van der Waals surface area contributed by atoms with Crippen molar-refractivity contribution in [1.29, 1.82) is 0 Å². The van der Waals surface area contributed by atoms with Crippen molar-refractivity contribution < 1.29 is 23.9 Å². The molecule has 2 N–H and O–H groups in total. The van der Waals surface area contributed by atoms with Crippen LogP contribution in [0.15, 0.2) is 72.8 Å². The molecule has 164 valence electrons. The standard InChI is InChI=1S/C25H24N2O5/c1-17-8-13-22(31-2)21(14-17)27-23(28)15-26-24(29)16-32-20-11-9-19(10-12-20)25(30)18-6-4-3-5-7-18/h3-14H,15-16H2,1-2H3,(H,26,29)(H,27,28). The summed E-state index contributed by atoms with van der Waals surface area (Å²) >= 11 is 0. The van der Waals surface area contributed by atoms with E-state index >= 15 is 0 Å². The summed E-state index contributed by atoms with van der Waals surface area (Å²) < 4.78 is 10.7. The Bertz CT molecular complexity index is 1100. The SMILES string of the molecule is COc1ccc(C)cc1NC(=O)CNC(=O)COc1ccc(C(=O)c2ccccc2)cc1. The van der Waals surface area contributed by atoms with Crippen LogP contribution in [0.1, 0.15) is 21.5 Å². The Labute approximate surface area is 186 Å². The summed E-state index contributed by atoms with van der Waals surface area (Å²) in [7, 11) is 1.52. The largest absolute Gasteiger partial charge is 0.495 e.